The lowest BCUT2D eigenvalue weighted by Crippen LogP contribution is -2.21. The molecule has 5 heteroatoms. The van der Waals surface area contributed by atoms with Crippen LogP contribution in [-0.2, 0) is 9.53 Å². The fourth-order valence-electron chi connectivity index (χ4n) is 3.32. The molecule has 0 fully saturated rings. The lowest BCUT2D eigenvalue weighted by atomic mass is 9.77. The molecule has 0 saturated carbocycles. The highest BCUT2D eigenvalue weighted by molar-refractivity contribution is 5.92. The van der Waals surface area contributed by atoms with Crippen molar-refractivity contribution in [2.75, 3.05) is 0 Å². The van der Waals surface area contributed by atoms with Gasteiger partial charge in [-0.1, -0.05) is 38.2 Å². The zero-order valence-corrected chi connectivity index (χ0v) is 16.0. The summed E-state index contributed by atoms with van der Waals surface area (Å²) in [6.07, 6.45) is 10.3. The Hall–Kier alpha value is -3.36. The van der Waals surface area contributed by atoms with Crippen LogP contribution in [0.5, 0.6) is 0 Å². The number of allylic oxidation sites excluding steroid dienone is 7. The molecular weight excluding hydrogens is 338 g/mol. The molecule has 1 aliphatic carbocycles. The maximum atomic E-state index is 11.8. The van der Waals surface area contributed by atoms with E-state index in [9.17, 15) is 10.1 Å². The van der Waals surface area contributed by atoms with Crippen molar-refractivity contribution < 1.29 is 9.53 Å². The third-order valence-electron chi connectivity index (χ3n) is 4.43. The van der Waals surface area contributed by atoms with Gasteiger partial charge in [-0.05, 0) is 37.3 Å². The van der Waals surface area contributed by atoms with E-state index in [0.717, 1.165) is 12.0 Å². The Kier molecular flexibility index (Phi) is 5.53. The smallest absolute Gasteiger partial charge is 0.172 e. The van der Waals surface area contributed by atoms with Crippen LogP contribution in [-0.4, -0.2) is 11.4 Å². The third kappa shape index (κ3) is 4.43. The molecule has 0 bridgehead atoms. The summed E-state index contributed by atoms with van der Waals surface area (Å²) in [4.78, 5) is 11.8. The van der Waals surface area contributed by atoms with E-state index in [1.807, 2.05) is 18.2 Å². The average Bonchev–Trinajstić information content (AvgIpc) is 2.81. The van der Waals surface area contributed by atoms with Crippen LogP contribution in [0.3, 0.4) is 0 Å². The van der Waals surface area contributed by atoms with Crippen molar-refractivity contribution in [3.05, 3.63) is 58.4 Å². The number of nitrogens with zero attached hydrogens (tertiary/aromatic N) is 3. The number of carbonyl (C=O) groups excluding carboxylic acids is 1. The molecule has 2 rings (SSSR count). The van der Waals surface area contributed by atoms with Gasteiger partial charge in [-0.3, -0.25) is 4.79 Å². The van der Waals surface area contributed by atoms with Crippen molar-refractivity contribution in [1.29, 1.82) is 15.8 Å². The Morgan fingerprint density at radius 3 is 2.26 bits per heavy atom. The number of rotatable bonds is 3. The van der Waals surface area contributed by atoms with Crippen molar-refractivity contribution in [3.63, 3.8) is 0 Å². The summed E-state index contributed by atoms with van der Waals surface area (Å²) in [6, 6.07) is 5.58. The molecule has 0 amide bonds. The van der Waals surface area contributed by atoms with Gasteiger partial charge in [-0.2, -0.15) is 15.8 Å². The van der Waals surface area contributed by atoms with Gasteiger partial charge in [0.1, 0.15) is 29.4 Å². The van der Waals surface area contributed by atoms with Crippen LogP contribution in [0.1, 0.15) is 40.5 Å². The van der Waals surface area contributed by atoms with Crippen molar-refractivity contribution in [2.24, 2.45) is 5.41 Å². The molecule has 0 radical (unpaired) electrons. The second-order valence-electron chi connectivity index (χ2n) is 7.86. The number of ketones is 1. The number of ether oxygens (including phenoxy) is 1. The molecular formula is C22H21N3O2. The van der Waals surface area contributed by atoms with Gasteiger partial charge >= 0.3 is 0 Å². The molecule has 0 spiro atoms. The van der Waals surface area contributed by atoms with E-state index in [4.69, 9.17) is 15.3 Å². The first kappa shape index (κ1) is 20.0. The van der Waals surface area contributed by atoms with E-state index in [1.165, 1.54) is 0 Å². The van der Waals surface area contributed by atoms with Crippen LogP contribution in [0.25, 0.3) is 0 Å². The topological polar surface area (TPSA) is 97.7 Å². The molecule has 27 heavy (non-hydrogen) atoms. The van der Waals surface area contributed by atoms with E-state index in [1.54, 1.807) is 44.2 Å². The highest BCUT2D eigenvalue weighted by Crippen LogP contribution is 2.40. The van der Waals surface area contributed by atoms with Gasteiger partial charge in [0, 0.05) is 12.0 Å². The predicted molar refractivity (Wildman–Crippen MR) is 100 cm³/mol. The minimum absolute atomic E-state index is 0.0264. The highest BCUT2D eigenvalue weighted by atomic mass is 16.5. The fourth-order valence-corrected chi connectivity index (χ4v) is 3.32. The summed E-state index contributed by atoms with van der Waals surface area (Å²) >= 11 is 0. The van der Waals surface area contributed by atoms with Crippen molar-refractivity contribution in [1.82, 2.24) is 0 Å². The van der Waals surface area contributed by atoms with Crippen LogP contribution in [0.2, 0.25) is 0 Å². The lowest BCUT2D eigenvalue weighted by Gasteiger charge is -2.27. The Morgan fingerprint density at radius 1 is 1.07 bits per heavy atom. The Morgan fingerprint density at radius 2 is 1.70 bits per heavy atom. The molecule has 0 unspecified atom stereocenters. The first-order chi connectivity index (χ1) is 12.6. The maximum Gasteiger partial charge on any atom is 0.172 e. The first-order valence-electron chi connectivity index (χ1n) is 8.60. The summed E-state index contributed by atoms with van der Waals surface area (Å²) in [7, 11) is 0. The summed E-state index contributed by atoms with van der Waals surface area (Å²) < 4.78 is 5.70. The van der Waals surface area contributed by atoms with E-state index in [2.05, 4.69) is 13.8 Å². The number of hydrogen-bond donors (Lipinski definition) is 0. The number of carbonyl (C=O) groups is 1. The van der Waals surface area contributed by atoms with E-state index in [-0.39, 0.29) is 28.1 Å². The van der Waals surface area contributed by atoms with Crippen LogP contribution >= 0.6 is 0 Å². The molecule has 1 aliphatic heterocycles. The van der Waals surface area contributed by atoms with Crippen molar-refractivity contribution in [2.45, 2.75) is 46.1 Å². The zero-order valence-electron chi connectivity index (χ0n) is 16.0. The lowest BCUT2D eigenvalue weighted by molar-refractivity contribution is -0.116. The molecule has 0 N–H and O–H groups in total. The molecule has 0 saturated heterocycles. The molecule has 0 aromatic rings. The number of hydrogen-bond acceptors (Lipinski definition) is 5. The van der Waals surface area contributed by atoms with Gasteiger partial charge in [0.15, 0.2) is 17.1 Å². The van der Waals surface area contributed by atoms with Crippen LogP contribution in [0.15, 0.2) is 58.4 Å². The summed E-state index contributed by atoms with van der Waals surface area (Å²) in [5, 5.41) is 27.6. The molecule has 0 aromatic carbocycles. The number of nitriles is 3. The minimum atomic E-state index is -0.828. The van der Waals surface area contributed by atoms with E-state index >= 15 is 0 Å². The van der Waals surface area contributed by atoms with Gasteiger partial charge in [-0.15, -0.1) is 0 Å². The normalized spacial score (nSPS) is 20.9. The van der Waals surface area contributed by atoms with Crippen molar-refractivity contribution >= 4 is 5.78 Å². The van der Waals surface area contributed by atoms with Crippen LogP contribution < -0.4 is 0 Å². The van der Waals surface area contributed by atoms with Gasteiger partial charge in [-0.25, -0.2) is 0 Å². The van der Waals surface area contributed by atoms with Gasteiger partial charge in [0.25, 0.3) is 0 Å². The maximum absolute atomic E-state index is 11.8. The molecule has 5 nitrogen and oxygen atoms in total. The van der Waals surface area contributed by atoms with Crippen LogP contribution in [0, 0.1) is 39.4 Å². The average molecular weight is 359 g/mol. The molecule has 0 atom stereocenters. The van der Waals surface area contributed by atoms with Gasteiger partial charge in [0.05, 0.1) is 0 Å². The first-order valence-corrected chi connectivity index (χ1v) is 8.60. The molecule has 0 aromatic heterocycles. The second-order valence-corrected chi connectivity index (χ2v) is 7.86. The minimum Gasteiger partial charge on any atom is -0.480 e. The Labute approximate surface area is 159 Å². The Bertz CT molecular complexity index is 933. The van der Waals surface area contributed by atoms with Crippen molar-refractivity contribution in [3.8, 4) is 18.2 Å². The largest absolute Gasteiger partial charge is 0.480 e. The predicted octanol–water partition coefficient (Wildman–Crippen LogP) is 4.34. The SMILES string of the molecule is CC1(C)CC(=O)C=C(/C=C/C=C/C2=C(C#N)C(=C(C#N)C#N)OC2(C)C)C1. The summed E-state index contributed by atoms with van der Waals surface area (Å²) in [5.74, 6) is 0.156. The highest BCUT2D eigenvalue weighted by Gasteiger charge is 2.38. The summed E-state index contributed by atoms with van der Waals surface area (Å²) in [6.45, 7) is 7.69. The zero-order chi connectivity index (χ0) is 20.2. The molecule has 136 valence electrons. The second kappa shape index (κ2) is 7.48. The molecule has 2 aliphatic rings. The van der Waals surface area contributed by atoms with Gasteiger partial charge in [0.2, 0.25) is 0 Å². The monoisotopic (exact) mass is 359 g/mol. The standard InChI is InChI=1S/C22H21N3O2/c1-21(2)10-15(9-17(26)11-21)7-5-6-8-19-18(14-25)20(16(12-23)13-24)27-22(19,3)4/h5-9H,10-11H2,1-4H3/b7-5+,8-6+. The van der Waals surface area contributed by atoms with E-state index in [0.29, 0.717) is 12.0 Å². The third-order valence-corrected chi connectivity index (χ3v) is 4.43. The van der Waals surface area contributed by atoms with E-state index < -0.39 is 5.60 Å². The van der Waals surface area contributed by atoms with Crippen LogP contribution in [0.4, 0.5) is 0 Å². The fraction of sp³-hybridized carbons (Fsp3) is 0.364. The van der Waals surface area contributed by atoms with Gasteiger partial charge < -0.3 is 4.74 Å². The quantitative estimate of drug-likeness (QED) is 0.551. The summed E-state index contributed by atoms with van der Waals surface area (Å²) in [5.41, 5.74) is 0.669. The Balaban J connectivity index is 2.32. The molecule has 1 heterocycles.